The summed E-state index contributed by atoms with van der Waals surface area (Å²) in [5.74, 6) is -1.48. The van der Waals surface area contributed by atoms with Gasteiger partial charge in [0.2, 0.25) is 0 Å². The van der Waals surface area contributed by atoms with Crippen molar-refractivity contribution in [2.75, 3.05) is 19.8 Å². The Morgan fingerprint density at radius 3 is 2.62 bits per heavy atom. The summed E-state index contributed by atoms with van der Waals surface area (Å²) in [6, 6.07) is 3.00. The predicted molar refractivity (Wildman–Crippen MR) is 116 cm³/mol. The van der Waals surface area contributed by atoms with Gasteiger partial charge >= 0.3 is 5.97 Å². The maximum absolute atomic E-state index is 15.0. The van der Waals surface area contributed by atoms with Gasteiger partial charge in [0.05, 0.1) is 19.8 Å². The maximum atomic E-state index is 15.0. The lowest BCUT2D eigenvalue weighted by atomic mass is 9.85. The van der Waals surface area contributed by atoms with E-state index in [0.29, 0.717) is 56.0 Å². The molecule has 0 saturated carbocycles. The molecule has 1 aromatic carbocycles. The zero-order valence-electron chi connectivity index (χ0n) is 18.7. The average Bonchev–Trinajstić information content (AvgIpc) is 2.79. The first-order valence-corrected chi connectivity index (χ1v) is 11.1. The molecule has 1 atom stereocenters. The van der Waals surface area contributed by atoms with Crippen LogP contribution in [0.3, 0.4) is 0 Å². The summed E-state index contributed by atoms with van der Waals surface area (Å²) < 4.78 is 32.3. The second-order valence-electron chi connectivity index (χ2n) is 9.58. The van der Waals surface area contributed by atoms with Crippen molar-refractivity contribution in [3.8, 4) is 11.5 Å². The minimum Gasteiger partial charge on any atom is -0.490 e. The average molecular weight is 444 g/mol. The first-order valence-electron chi connectivity index (χ1n) is 11.1. The summed E-state index contributed by atoms with van der Waals surface area (Å²) in [5.41, 5.74) is 1.71. The molecule has 0 aromatic heterocycles. The van der Waals surface area contributed by atoms with Gasteiger partial charge in [0.1, 0.15) is 17.4 Å². The van der Waals surface area contributed by atoms with Gasteiger partial charge < -0.3 is 19.3 Å². The molecule has 2 heterocycles. The van der Waals surface area contributed by atoms with Gasteiger partial charge in [0, 0.05) is 23.5 Å². The molecule has 0 amide bonds. The molecular formula is C25H29FO6. The lowest BCUT2D eigenvalue weighted by Crippen LogP contribution is -2.44. The Balaban J connectivity index is 1.78. The van der Waals surface area contributed by atoms with Crippen LogP contribution in [0.5, 0.6) is 11.5 Å². The topological polar surface area (TPSA) is 82.1 Å². The molecule has 2 aliphatic heterocycles. The quantitative estimate of drug-likeness (QED) is 0.670. The van der Waals surface area contributed by atoms with Gasteiger partial charge in [0.15, 0.2) is 17.3 Å². The fourth-order valence-corrected chi connectivity index (χ4v) is 4.37. The molecule has 6 nitrogen and oxygen atoms in total. The van der Waals surface area contributed by atoms with Gasteiger partial charge in [-0.1, -0.05) is 20.8 Å². The minimum absolute atomic E-state index is 0.00996. The molecule has 3 aliphatic rings. The number of halogens is 1. The van der Waals surface area contributed by atoms with Gasteiger partial charge in [-0.15, -0.1) is 0 Å². The Labute approximate surface area is 187 Å². The summed E-state index contributed by atoms with van der Waals surface area (Å²) in [7, 11) is 0. The van der Waals surface area contributed by atoms with E-state index in [4.69, 9.17) is 14.2 Å². The summed E-state index contributed by atoms with van der Waals surface area (Å²) in [6.07, 6.45) is 3.07. The SMILES string of the molecule is CC(C)C1Oc2cc(OCC3(C)COC3)c(F)cc2C2=C1/C=C(/C(=O)O)C(=O)CCCC2. The van der Waals surface area contributed by atoms with E-state index in [2.05, 4.69) is 0 Å². The Kier molecular flexibility index (Phi) is 6.12. The number of hydrogen-bond donors (Lipinski definition) is 1. The number of allylic oxidation sites excluding steroid dienone is 1. The number of carbonyl (C=O) groups excluding carboxylic acids is 1. The molecule has 32 heavy (non-hydrogen) atoms. The molecular weight excluding hydrogens is 415 g/mol. The predicted octanol–water partition coefficient (Wildman–Crippen LogP) is 4.57. The third-order valence-electron chi connectivity index (χ3n) is 6.26. The fraction of sp³-hybridized carbons (Fsp3) is 0.520. The molecule has 1 aliphatic carbocycles. The van der Waals surface area contributed by atoms with Crippen LogP contribution in [0.15, 0.2) is 29.4 Å². The molecule has 0 bridgehead atoms. The number of benzene rings is 1. The first kappa shape index (κ1) is 22.5. The number of rotatable bonds is 5. The largest absolute Gasteiger partial charge is 0.490 e. The molecule has 1 N–H and O–H groups in total. The number of carbonyl (C=O) groups is 2. The maximum Gasteiger partial charge on any atom is 0.339 e. The second kappa shape index (κ2) is 8.70. The molecule has 1 saturated heterocycles. The molecule has 1 fully saturated rings. The van der Waals surface area contributed by atoms with Crippen molar-refractivity contribution in [2.45, 2.75) is 52.6 Å². The van der Waals surface area contributed by atoms with Crippen LogP contribution in [-0.4, -0.2) is 42.8 Å². The van der Waals surface area contributed by atoms with Crippen molar-refractivity contribution in [1.29, 1.82) is 0 Å². The van der Waals surface area contributed by atoms with Gasteiger partial charge in [-0.05, 0) is 48.5 Å². The summed E-state index contributed by atoms with van der Waals surface area (Å²) in [6.45, 7) is 7.48. The highest BCUT2D eigenvalue weighted by Gasteiger charge is 2.36. The number of ether oxygens (including phenoxy) is 3. The Morgan fingerprint density at radius 1 is 1.28 bits per heavy atom. The highest BCUT2D eigenvalue weighted by Crippen LogP contribution is 2.44. The summed E-state index contributed by atoms with van der Waals surface area (Å²) in [5, 5.41) is 9.62. The third kappa shape index (κ3) is 4.31. The van der Waals surface area contributed by atoms with Crippen LogP contribution in [0.25, 0.3) is 5.57 Å². The molecule has 1 aromatic rings. The number of aliphatic carboxylic acids is 1. The van der Waals surface area contributed by atoms with Crippen molar-refractivity contribution < 1.29 is 33.3 Å². The monoisotopic (exact) mass is 444 g/mol. The molecule has 0 spiro atoms. The smallest absolute Gasteiger partial charge is 0.339 e. The van der Waals surface area contributed by atoms with E-state index < -0.39 is 17.9 Å². The number of ketones is 1. The number of Topliss-reactive ketones (excluding diaryl/α,β-unsaturated/α-hetero) is 1. The minimum atomic E-state index is -1.25. The van der Waals surface area contributed by atoms with E-state index in [0.717, 1.165) is 5.57 Å². The standard InChI is InChI=1S/C25H29FO6/c1-14(2)23-17-8-18(24(28)29)20(27)7-5-4-6-15(17)16-9-19(26)22(10-21(16)32-23)31-13-25(3)11-30-12-25/h8-10,14,23H,4-7,11-13H2,1-3H3,(H,28,29)/b18-8+. The van der Waals surface area contributed by atoms with Crippen molar-refractivity contribution >= 4 is 17.3 Å². The van der Waals surface area contributed by atoms with Crippen molar-refractivity contribution in [3.05, 3.63) is 40.7 Å². The third-order valence-corrected chi connectivity index (χ3v) is 6.26. The van der Waals surface area contributed by atoms with Crippen LogP contribution >= 0.6 is 0 Å². The van der Waals surface area contributed by atoms with Crippen LogP contribution in [0, 0.1) is 17.2 Å². The zero-order chi connectivity index (χ0) is 23.0. The molecule has 172 valence electrons. The van der Waals surface area contributed by atoms with E-state index in [-0.39, 0.29) is 34.9 Å². The van der Waals surface area contributed by atoms with Crippen molar-refractivity contribution in [2.24, 2.45) is 11.3 Å². The van der Waals surface area contributed by atoms with E-state index in [1.54, 1.807) is 6.07 Å². The Hall–Kier alpha value is -2.67. The van der Waals surface area contributed by atoms with Crippen LogP contribution in [0.1, 0.15) is 52.0 Å². The second-order valence-corrected chi connectivity index (χ2v) is 9.58. The number of carboxylic acid groups (broad SMARTS) is 1. The van der Waals surface area contributed by atoms with Crippen LogP contribution in [0.4, 0.5) is 4.39 Å². The van der Waals surface area contributed by atoms with Gasteiger partial charge in [-0.2, -0.15) is 0 Å². The van der Waals surface area contributed by atoms with Gasteiger partial charge in [0.25, 0.3) is 0 Å². The van der Waals surface area contributed by atoms with E-state index >= 15 is 4.39 Å². The van der Waals surface area contributed by atoms with Crippen LogP contribution in [-0.2, 0) is 14.3 Å². The molecule has 4 rings (SSSR count). The number of fused-ring (bicyclic) bond motifs is 2. The van der Waals surface area contributed by atoms with E-state index in [1.807, 2.05) is 20.8 Å². The van der Waals surface area contributed by atoms with Gasteiger partial charge in [-0.3, -0.25) is 4.79 Å². The normalized spacial score (nSPS) is 24.1. The van der Waals surface area contributed by atoms with Gasteiger partial charge in [-0.25, -0.2) is 9.18 Å². The Bertz CT molecular complexity index is 1000. The summed E-state index contributed by atoms with van der Waals surface area (Å²) >= 11 is 0. The zero-order valence-corrected chi connectivity index (χ0v) is 18.7. The van der Waals surface area contributed by atoms with E-state index in [9.17, 15) is 14.7 Å². The molecule has 1 unspecified atom stereocenters. The number of carboxylic acids is 1. The lowest BCUT2D eigenvalue weighted by molar-refractivity contribution is -0.134. The highest BCUT2D eigenvalue weighted by atomic mass is 19.1. The molecule has 7 heteroatoms. The fourth-order valence-electron chi connectivity index (χ4n) is 4.37. The first-order chi connectivity index (χ1) is 15.2. The summed E-state index contributed by atoms with van der Waals surface area (Å²) in [4.78, 5) is 24.2. The van der Waals surface area contributed by atoms with E-state index in [1.165, 1.54) is 12.1 Å². The van der Waals surface area contributed by atoms with Crippen molar-refractivity contribution in [3.63, 3.8) is 0 Å². The number of hydrogen-bond acceptors (Lipinski definition) is 5. The van der Waals surface area contributed by atoms with Crippen molar-refractivity contribution in [1.82, 2.24) is 0 Å². The lowest BCUT2D eigenvalue weighted by Gasteiger charge is -2.37. The van der Waals surface area contributed by atoms with Crippen LogP contribution < -0.4 is 9.47 Å². The Morgan fingerprint density at radius 2 is 2.00 bits per heavy atom. The van der Waals surface area contributed by atoms with Crippen LogP contribution in [0.2, 0.25) is 0 Å². The molecule has 0 radical (unpaired) electrons. The highest BCUT2D eigenvalue weighted by molar-refractivity contribution is 6.17.